The van der Waals surface area contributed by atoms with Gasteiger partial charge in [0.1, 0.15) is 12.7 Å². The van der Waals surface area contributed by atoms with E-state index in [9.17, 15) is 24.3 Å². The molecule has 0 amide bonds. The molecule has 0 spiro atoms. The van der Waals surface area contributed by atoms with Crippen molar-refractivity contribution in [3.63, 3.8) is 0 Å². The molecular formula is C42H36O11. The third-order valence-electron chi connectivity index (χ3n) is 8.38. The van der Waals surface area contributed by atoms with Crippen molar-refractivity contribution < 1.29 is 52.7 Å². The third kappa shape index (κ3) is 9.40. The van der Waals surface area contributed by atoms with Gasteiger partial charge in [-0.1, -0.05) is 103 Å². The van der Waals surface area contributed by atoms with Gasteiger partial charge in [0.15, 0.2) is 24.6 Å². The van der Waals surface area contributed by atoms with Gasteiger partial charge in [0.05, 0.1) is 35.5 Å². The first-order chi connectivity index (χ1) is 25.9. The summed E-state index contributed by atoms with van der Waals surface area (Å²) in [4.78, 5) is 53.7. The number of aliphatic hydroxyl groups excluding tert-OH is 1. The molecule has 1 aliphatic heterocycles. The molecule has 0 bridgehead atoms. The molecule has 1 heterocycles. The van der Waals surface area contributed by atoms with E-state index in [-0.39, 0.29) is 35.5 Å². The average Bonchev–Trinajstić information content (AvgIpc) is 3.22. The van der Waals surface area contributed by atoms with Gasteiger partial charge < -0.3 is 33.5 Å². The van der Waals surface area contributed by atoms with Gasteiger partial charge in [0.25, 0.3) is 0 Å². The van der Waals surface area contributed by atoms with Crippen LogP contribution in [0.15, 0.2) is 146 Å². The maximum atomic E-state index is 13.6. The Bertz CT molecular complexity index is 1970. The summed E-state index contributed by atoms with van der Waals surface area (Å²) in [5.41, 5.74) is 1.97. The van der Waals surface area contributed by atoms with Gasteiger partial charge in [-0.25, -0.2) is 19.2 Å². The molecule has 270 valence electrons. The predicted octanol–water partition coefficient (Wildman–Crippen LogP) is 5.95. The molecule has 1 saturated heterocycles. The lowest BCUT2D eigenvalue weighted by Gasteiger charge is -2.44. The van der Waals surface area contributed by atoms with Crippen molar-refractivity contribution in [3.05, 3.63) is 179 Å². The Labute approximate surface area is 305 Å². The molecular weight excluding hydrogens is 680 g/mol. The minimum absolute atomic E-state index is 0.0494. The topological polar surface area (TPSA) is 144 Å². The summed E-state index contributed by atoms with van der Waals surface area (Å²) < 4.78 is 35.7. The Morgan fingerprint density at radius 1 is 0.509 bits per heavy atom. The molecule has 1 N–H and O–H groups in total. The highest BCUT2D eigenvalue weighted by atomic mass is 16.7. The molecule has 0 aromatic heterocycles. The van der Waals surface area contributed by atoms with Gasteiger partial charge in [-0.05, 0) is 53.6 Å². The first-order valence-electron chi connectivity index (χ1n) is 16.9. The molecule has 5 atom stereocenters. The highest BCUT2D eigenvalue weighted by molar-refractivity contribution is 5.92. The van der Waals surface area contributed by atoms with Crippen LogP contribution in [0.5, 0.6) is 0 Å². The summed E-state index contributed by atoms with van der Waals surface area (Å²) in [7, 11) is 0. The zero-order valence-electron chi connectivity index (χ0n) is 28.4. The van der Waals surface area contributed by atoms with Crippen LogP contribution < -0.4 is 0 Å². The molecule has 0 unspecified atom stereocenters. The van der Waals surface area contributed by atoms with Gasteiger partial charge in [0, 0.05) is 0 Å². The molecule has 0 aliphatic carbocycles. The molecule has 11 nitrogen and oxygen atoms in total. The first-order valence-corrected chi connectivity index (χ1v) is 16.9. The van der Waals surface area contributed by atoms with Crippen LogP contribution in [0.4, 0.5) is 0 Å². The maximum absolute atomic E-state index is 13.6. The number of hydrogen-bond acceptors (Lipinski definition) is 11. The molecule has 6 rings (SSSR count). The van der Waals surface area contributed by atoms with Gasteiger partial charge in [-0.2, -0.15) is 0 Å². The van der Waals surface area contributed by atoms with E-state index in [1.807, 2.05) is 30.3 Å². The van der Waals surface area contributed by atoms with Crippen LogP contribution in [0.1, 0.15) is 52.6 Å². The zero-order valence-corrected chi connectivity index (χ0v) is 28.4. The number of aliphatic hydroxyl groups is 1. The fourth-order valence-electron chi connectivity index (χ4n) is 5.68. The summed E-state index contributed by atoms with van der Waals surface area (Å²) in [6.45, 7) is -0.909. The van der Waals surface area contributed by atoms with Gasteiger partial charge >= 0.3 is 23.9 Å². The van der Waals surface area contributed by atoms with E-state index in [0.717, 1.165) is 5.56 Å². The van der Waals surface area contributed by atoms with E-state index in [2.05, 4.69) is 0 Å². The second kappa shape index (κ2) is 17.9. The monoisotopic (exact) mass is 716 g/mol. The minimum atomic E-state index is -1.54. The van der Waals surface area contributed by atoms with E-state index in [1.165, 1.54) is 36.4 Å². The summed E-state index contributed by atoms with van der Waals surface area (Å²) in [6, 6.07) is 40.1. The summed E-state index contributed by atoms with van der Waals surface area (Å²) >= 11 is 0. The van der Waals surface area contributed by atoms with Crippen molar-refractivity contribution in [2.45, 2.75) is 43.9 Å². The van der Waals surface area contributed by atoms with Crippen molar-refractivity contribution in [2.75, 3.05) is 6.61 Å². The second-order valence-electron chi connectivity index (χ2n) is 12.0. The Balaban J connectivity index is 1.32. The quantitative estimate of drug-likeness (QED) is 0.114. The summed E-state index contributed by atoms with van der Waals surface area (Å²) in [5, 5.41) is 10.6. The number of hydrogen-bond donors (Lipinski definition) is 1. The predicted molar refractivity (Wildman–Crippen MR) is 189 cm³/mol. The Morgan fingerprint density at radius 3 is 1.49 bits per heavy atom. The zero-order chi connectivity index (χ0) is 37.0. The number of carbonyl (C=O) groups is 4. The number of benzene rings is 5. The summed E-state index contributed by atoms with van der Waals surface area (Å²) in [6.07, 6.45) is -7.34. The van der Waals surface area contributed by atoms with Crippen LogP contribution in [0.2, 0.25) is 0 Å². The lowest BCUT2D eigenvalue weighted by Crippen LogP contribution is -2.62. The highest BCUT2D eigenvalue weighted by Crippen LogP contribution is 2.32. The third-order valence-corrected chi connectivity index (χ3v) is 8.38. The van der Waals surface area contributed by atoms with Gasteiger partial charge in [-0.15, -0.1) is 0 Å². The normalized spacial score (nSPS) is 19.4. The molecule has 0 saturated carbocycles. The fraction of sp³-hybridized carbons (Fsp3) is 0.190. The van der Waals surface area contributed by atoms with Crippen molar-refractivity contribution in [1.82, 2.24) is 0 Å². The minimum Gasteiger partial charge on any atom is -0.457 e. The van der Waals surface area contributed by atoms with Crippen LogP contribution in [-0.4, -0.2) is 66.3 Å². The lowest BCUT2D eigenvalue weighted by atomic mass is 9.97. The molecule has 5 aromatic carbocycles. The number of carbonyl (C=O) groups excluding carboxylic acids is 4. The largest absolute Gasteiger partial charge is 0.457 e. The number of ether oxygens (including phenoxy) is 6. The van der Waals surface area contributed by atoms with E-state index in [4.69, 9.17) is 28.4 Å². The molecule has 1 aliphatic rings. The van der Waals surface area contributed by atoms with Crippen LogP contribution in [0, 0.1) is 0 Å². The number of rotatable bonds is 13. The Morgan fingerprint density at radius 2 is 0.962 bits per heavy atom. The van der Waals surface area contributed by atoms with Crippen molar-refractivity contribution >= 4 is 23.9 Å². The molecule has 1 fully saturated rings. The second-order valence-corrected chi connectivity index (χ2v) is 12.0. The van der Waals surface area contributed by atoms with Crippen molar-refractivity contribution in [1.29, 1.82) is 0 Å². The van der Waals surface area contributed by atoms with Crippen LogP contribution >= 0.6 is 0 Å². The molecule has 5 aromatic rings. The maximum Gasteiger partial charge on any atom is 0.338 e. The van der Waals surface area contributed by atoms with Gasteiger partial charge in [0.2, 0.25) is 0 Å². The standard InChI is InChI=1S/C42H36O11/c43-25-34-35(51-38(44)29-17-7-2-8-18-29)36(52-39(45)30-19-9-3-10-20-30)37(53-40(46)31-21-11-4-12-22-31)42(50-34)49-27-32-23-13-14-24-33(32)41(47)48-26-28-15-5-1-6-16-28/h1-24,34-37,42-43H,25-27H2/t34-,35-,36+,37-,42-/m1/s1. The first kappa shape index (κ1) is 36.6. The average molecular weight is 717 g/mol. The smallest absolute Gasteiger partial charge is 0.338 e. The fourth-order valence-corrected chi connectivity index (χ4v) is 5.68. The van der Waals surface area contributed by atoms with E-state index < -0.39 is 61.2 Å². The van der Waals surface area contributed by atoms with Crippen molar-refractivity contribution in [2.24, 2.45) is 0 Å². The molecule has 11 heteroatoms. The Hall–Kier alpha value is -6.14. The SMILES string of the molecule is O=C(O[C@@H]1[C@@H](OC(=O)c2ccccc2)[C@H](OCc2ccccc2C(=O)OCc2ccccc2)O[C@H](CO)[C@H]1OC(=O)c1ccccc1)c1ccccc1. The van der Waals surface area contributed by atoms with Crippen LogP contribution in [-0.2, 0) is 41.6 Å². The molecule has 53 heavy (non-hydrogen) atoms. The van der Waals surface area contributed by atoms with Crippen LogP contribution in [0.25, 0.3) is 0 Å². The van der Waals surface area contributed by atoms with E-state index >= 15 is 0 Å². The Kier molecular flexibility index (Phi) is 12.4. The van der Waals surface area contributed by atoms with Crippen LogP contribution in [0.3, 0.4) is 0 Å². The highest BCUT2D eigenvalue weighted by Gasteiger charge is 2.53. The molecule has 0 radical (unpaired) electrons. The van der Waals surface area contributed by atoms with E-state index in [0.29, 0.717) is 5.56 Å². The lowest BCUT2D eigenvalue weighted by molar-refractivity contribution is -0.301. The van der Waals surface area contributed by atoms with Crippen molar-refractivity contribution in [3.8, 4) is 0 Å². The van der Waals surface area contributed by atoms with Gasteiger partial charge in [-0.3, -0.25) is 0 Å². The van der Waals surface area contributed by atoms with E-state index in [1.54, 1.807) is 78.9 Å². The summed E-state index contributed by atoms with van der Waals surface area (Å²) in [5.74, 6) is -3.02. The number of esters is 4.